The summed E-state index contributed by atoms with van der Waals surface area (Å²) < 4.78 is 17.9. The molecule has 0 saturated heterocycles. The van der Waals surface area contributed by atoms with Gasteiger partial charge in [0.15, 0.2) is 10.4 Å². The Kier molecular flexibility index (Phi) is 4.79. The average molecular weight is 492 g/mol. The van der Waals surface area contributed by atoms with Gasteiger partial charge >= 0.3 is 11.9 Å². The third-order valence-corrected chi connectivity index (χ3v) is 5.75. The fourth-order valence-electron chi connectivity index (χ4n) is 3.97. The van der Waals surface area contributed by atoms with E-state index in [0.717, 1.165) is 0 Å². The molecule has 0 N–H and O–H groups in total. The number of rotatable bonds is 3. The number of nitriles is 1. The van der Waals surface area contributed by atoms with Gasteiger partial charge in [0.2, 0.25) is 5.76 Å². The molecule has 32 heavy (non-hydrogen) atoms. The van der Waals surface area contributed by atoms with Crippen LogP contribution in [-0.2, 0) is 17.7 Å². The number of ether oxygens (including phenoxy) is 2. The van der Waals surface area contributed by atoms with Crippen molar-refractivity contribution < 1.29 is 23.5 Å². The number of hydrogen-bond acceptors (Lipinski definition) is 7. The normalized spacial score (nSPS) is 12.0. The fourth-order valence-corrected chi connectivity index (χ4v) is 4.28. The third-order valence-electron chi connectivity index (χ3n) is 5.32. The first-order valence-corrected chi connectivity index (χ1v) is 10.4. The van der Waals surface area contributed by atoms with E-state index in [1.165, 1.54) is 19.2 Å². The zero-order valence-corrected chi connectivity index (χ0v) is 18.3. The van der Waals surface area contributed by atoms with E-state index in [9.17, 15) is 14.9 Å². The van der Waals surface area contributed by atoms with E-state index in [4.69, 9.17) is 18.9 Å². The molecule has 9 heteroatoms. The van der Waals surface area contributed by atoms with Gasteiger partial charge in [-0.3, -0.25) is 4.98 Å². The van der Waals surface area contributed by atoms with Gasteiger partial charge in [-0.2, -0.15) is 5.26 Å². The van der Waals surface area contributed by atoms with Crippen molar-refractivity contribution in [3.8, 4) is 23.1 Å². The second-order valence-corrected chi connectivity index (χ2v) is 7.85. The monoisotopic (exact) mass is 491 g/mol. The molecule has 0 radical (unpaired) electrons. The summed E-state index contributed by atoms with van der Waals surface area (Å²) in [6, 6.07) is 14.1. The van der Waals surface area contributed by atoms with Crippen LogP contribution in [0, 0.1) is 11.3 Å². The first-order valence-electron chi connectivity index (χ1n) is 9.63. The number of furan rings is 1. The number of aromatic nitrogens is 2. The summed E-state index contributed by atoms with van der Waals surface area (Å²) in [6.07, 6.45) is 0.499. The Balaban J connectivity index is 1.75. The van der Waals surface area contributed by atoms with E-state index < -0.39 is 11.9 Å². The minimum absolute atomic E-state index is 0.00961. The Morgan fingerprint density at radius 3 is 2.75 bits per heavy atom. The van der Waals surface area contributed by atoms with Gasteiger partial charge in [-0.05, 0) is 34.1 Å². The Morgan fingerprint density at radius 2 is 2.03 bits per heavy atom. The van der Waals surface area contributed by atoms with E-state index in [-0.39, 0.29) is 17.2 Å². The number of para-hydroxylation sites is 1. The van der Waals surface area contributed by atoms with Crippen LogP contribution in [0.2, 0.25) is 0 Å². The summed E-state index contributed by atoms with van der Waals surface area (Å²) in [4.78, 5) is 29.9. The van der Waals surface area contributed by atoms with Crippen molar-refractivity contribution in [2.75, 3.05) is 7.11 Å². The second kappa shape index (κ2) is 7.66. The SMILES string of the molecule is COC(=O)c1cc(OC(=O)c2ccc(Br)o2)c2n1CCc1nc3ccccc3c(C#N)c1-2. The molecule has 0 atom stereocenters. The molecular formula is C23H14BrN3O5. The molecule has 3 aromatic heterocycles. The van der Waals surface area contributed by atoms with Crippen molar-refractivity contribution in [3.63, 3.8) is 0 Å². The van der Waals surface area contributed by atoms with Gasteiger partial charge < -0.3 is 18.5 Å². The number of methoxy groups -OCH3 is 1. The highest BCUT2D eigenvalue weighted by molar-refractivity contribution is 9.10. The van der Waals surface area contributed by atoms with Crippen LogP contribution in [0.15, 0.2) is 51.6 Å². The molecule has 1 aromatic carbocycles. The molecule has 4 aromatic rings. The molecule has 4 heterocycles. The summed E-state index contributed by atoms with van der Waals surface area (Å²) in [5.41, 5.74) is 2.99. The number of pyridine rings is 1. The highest BCUT2D eigenvalue weighted by Crippen LogP contribution is 2.43. The highest BCUT2D eigenvalue weighted by Gasteiger charge is 2.32. The van der Waals surface area contributed by atoms with Crippen LogP contribution in [0.5, 0.6) is 5.75 Å². The number of halogens is 1. The predicted octanol–water partition coefficient (Wildman–Crippen LogP) is 4.49. The number of carbonyl (C=O) groups is 2. The predicted molar refractivity (Wildman–Crippen MR) is 116 cm³/mol. The van der Waals surface area contributed by atoms with E-state index >= 15 is 0 Å². The second-order valence-electron chi connectivity index (χ2n) is 7.07. The Hall–Kier alpha value is -3.90. The average Bonchev–Trinajstić information content (AvgIpc) is 3.40. The van der Waals surface area contributed by atoms with Gasteiger partial charge in [0.1, 0.15) is 11.8 Å². The van der Waals surface area contributed by atoms with Crippen LogP contribution >= 0.6 is 15.9 Å². The third kappa shape index (κ3) is 3.08. The number of benzene rings is 1. The number of nitrogens with zero attached hydrogens (tertiary/aromatic N) is 3. The summed E-state index contributed by atoms with van der Waals surface area (Å²) in [5, 5.41) is 10.7. The molecule has 0 amide bonds. The van der Waals surface area contributed by atoms with Crippen LogP contribution in [-0.4, -0.2) is 28.6 Å². The Labute approximate surface area is 190 Å². The minimum Gasteiger partial charge on any atom is -0.464 e. The summed E-state index contributed by atoms with van der Waals surface area (Å²) in [6.45, 7) is 0.410. The molecule has 0 unspecified atom stereocenters. The minimum atomic E-state index is -0.736. The zero-order valence-electron chi connectivity index (χ0n) is 16.7. The topological polar surface area (TPSA) is 107 Å². The first kappa shape index (κ1) is 20.0. The molecule has 1 aliphatic rings. The lowest BCUT2D eigenvalue weighted by Gasteiger charge is -2.22. The molecule has 0 bridgehead atoms. The van der Waals surface area contributed by atoms with Crippen molar-refractivity contribution in [2.24, 2.45) is 0 Å². The molecule has 0 saturated carbocycles. The van der Waals surface area contributed by atoms with Gasteiger partial charge in [0, 0.05) is 30.0 Å². The van der Waals surface area contributed by atoms with Crippen molar-refractivity contribution in [1.29, 1.82) is 5.26 Å². The van der Waals surface area contributed by atoms with Crippen LogP contribution < -0.4 is 4.74 Å². The van der Waals surface area contributed by atoms with E-state index in [1.807, 2.05) is 24.3 Å². The van der Waals surface area contributed by atoms with E-state index in [0.29, 0.717) is 51.1 Å². The lowest BCUT2D eigenvalue weighted by Crippen LogP contribution is -2.19. The molecule has 8 nitrogen and oxygen atoms in total. The van der Waals surface area contributed by atoms with Gasteiger partial charge in [0.05, 0.1) is 29.6 Å². The lowest BCUT2D eigenvalue weighted by atomic mass is 9.95. The molecule has 1 aliphatic heterocycles. The fraction of sp³-hybridized carbons (Fsp3) is 0.130. The van der Waals surface area contributed by atoms with Crippen molar-refractivity contribution in [1.82, 2.24) is 9.55 Å². The summed E-state index contributed by atoms with van der Waals surface area (Å²) >= 11 is 3.16. The first-order chi connectivity index (χ1) is 15.5. The lowest BCUT2D eigenvalue weighted by molar-refractivity contribution is 0.0586. The summed E-state index contributed by atoms with van der Waals surface area (Å²) in [5.74, 6) is -1.20. The molecular weight excluding hydrogens is 478 g/mol. The number of esters is 2. The molecule has 158 valence electrons. The molecule has 0 spiro atoms. The number of hydrogen-bond donors (Lipinski definition) is 0. The molecule has 5 rings (SSSR count). The van der Waals surface area contributed by atoms with E-state index in [1.54, 1.807) is 10.6 Å². The van der Waals surface area contributed by atoms with Gasteiger partial charge in [-0.15, -0.1) is 0 Å². The maximum absolute atomic E-state index is 12.7. The van der Waals surface area contributed by atoms with Crippen molar-refractivity contribution >= 4 is 38.8 Å². The molecule has 0 aliphatic carbocycles. The van der Waals surface area contributed by atoms with Gasteiger partial charge in [0.25, 0.3) is 0 Å². The number of carbonyl (C=O) groups excluding carboxylic acids is 2. The highest BCUT2D eigenvalue weighted by atomic mass is 79.9. The quantitative estimate of drug-likeness (QED) is 0.388. The number of fused-ring (bicyclic) bond motifs is 4. The Morgan fingerprint density at radius 1 is 1.22 bits per heavy atom. The van der Waals surface area contributed by atoms with Crippen LogP contribution in [0.4, 0.5) is 0 Å². The van der Waals surface area contributed by atoms with Crippen LogP contribution in [0.1, 0.15) is 32.3 Å². The van der Waals surface area contributed by atoms with Crippen LogP contribution in [0.3, 0.4) is 0 Å². The van der Waals surface area contributed by atoms with Crippen molar-refractivity contribution in [3.05, 3.63) is 69.8 Å². The maximum Gasteiger partial charge on any atom is 0.379 e. The number of aryl methyl sites for hydroxylation is 1. The van der Waals surface area contributed by atoms with Gasteiger partial charge in [-0.25, -0.2) is 9.59 Å². The van der Waals surface area contributed by atoms with Crippen molar-refractivity contribution in [2.45, 2.75) is 13.0 Å². The van der Waals surface area contributed by atoms with E-state index in [2.05, 4.69) is 22.0 Å². The Bertz CT molecular complexity index is 1460. The summed E-state index contributed by atoms with van der Waals surface area (Å²) in [7, 11) is 1.28. The van der Waals surface area contributed by atoms with Crippen LogP contribution in [0.25, 0.3) is 22.2 Å². The molecule has 0 fully saturated rings. The maximum atomic E-state index is 12.7. The smallest absolute Gasteiger partial charge is 0.379 e. The standard InChI is InChI=1S/C23H14BrN3O5/c1-30-22(28)16-10-18(32-23(29)17-6-7-19(24)31-17)21-20-13(11-25)12-4-2-3-5-14(12)26-15(20)8-9-27(16)21/h2-7,10H,8-9H2,1H3. The zero-order chi connectivity index (χ0) is 22.4. The van der Waals surface area contributed by atoms with Gasteiger partial charge in [-0.1, -0.05) is 18.2 Å². The largest absolute Gasteiger partial charge is 0.464 e.